The second kappa shape index (κ2) is 11.6. The van der Waals surface area contributed by atoms with Crippen LogP contribution in [-0.4, -0.2) is 11.9 Å². The van der Waals surface area contributed by atoms with Gasteiger partial charge in [-0.15, -0.1) is 0 Å². The highest BCUT2D eigenvalue weighted by Crippen LogP contribution is 2.25. The molecule has 4 aromatic rings. The van der Waals surface area contributed by atoms with Crippen molar-refractivity contribution in [3.05, 3.63) is 133 Å². The first-order chi connectivity index (χ1) is 17.5. The van der Waals surface area contributed by atoms with Crippen molar-refractivity contribution >= 4 is 11.9 Å². The van der Waals surface area contributed by atoms with Gasteiger partial charge in [0.1, 0.15) is 11.5 Å². The van der Waals surface area contributed by atoms with Gasteiger partial charge in [0, 0.05) is 12.2 Å². The van der Waals surface area contributed by atoms with Crippen LogP contribution in [0.5, 0.6) is 11.5 Å². The van der Waals surface area contributed by atoms with Crippen molar-refractivity contribution in [2.45, 2.75) is 12.8 Å². The molecular weight excluding hydrogens is 448 g/mol. The van der Waals surface area contributed by atoms with E-state index in [0.29, 0.717) is 11.5 Å². The molecule has 0 heterocycles. The Kier molecular flexibility index (Phi) is 7.89. The fraction of sp³-hybridized carbons (Fsp3) is 0.0625. The van der Waals surface area contributed by atoms with Crippen LogP contribution >= 0.6 is 0 Å². The normalized spacial score (nSPS) is 10.3. The number of hydrogen-bond donors (Lipinski definition) is 0. The van der Waals surface area contributed by atoms with E-state index in [9.17, 15) is 9.59 Å². The molecule has 0 amide bonds. The summed E-state index contributed by atoms with van der Waals surface area (Å²) in [5.74, 6) is 0.0583. The Morgan fingerprint density at radius 1 is 0.500 bits per heavy atom. The zero-order valence-electron chi connectivity index (χ0n) is 19.9. The number of rotatable bonds is 9. The van der Waals surface area contributed by atoms with Crippen LogP contribution in [0.3, 0.4) is 0 Å². The Labute approximate surface area is 211 Å². The quantitative estimate of drug-likeness (QED) is 0.149. The first-order valence-electron chi connectivity index (χ1n) is 11.6. The fourth-order valence-electron chi connectivity index (χ4n) is 3.76. The summed E-state index contributed by atoms with van der Waals surface area (Å²) in [5.41, 5.74) is 6.86. The number of carbonyl (C=O) groups excluding carboxylic acids is 2. The summed E-state index contributed by atoms with van der Waals surface area (Å²) in [6, 6.07) is 31.9. The van der Waals surface area contributed by atoms with Crippen LogP contribution in [-0.2, 0) is 22.4 Å². The molecule has 0 saturated carbocycles. The SMILES string of the molecule is C=CC(=O)Oc1ccc(-c2ccc(CCc3ccc(-c4ccc(OC(=O)C=C)cc4)cc3)cc2)cc1. The van der Waals surface area contributed by atoms with Crippen LogP contribution in [0.25, 0.3) is 22.3 Å². The molecule has 0 aliphatic heterocycles. The van der Waals surface area contributed by atoms with Crippen LogP contribution in [0, 0.1) is 0 Å². The molecule has 178 valence electrons. The summed E-state index contributed by atoms with van der Waals surface area (Å²) in [5, 5.41) is 0. The minimum Gasteiger partial charge on any atom is -0.423 e. The molecule has 0 saturated heterocycles. The van der Waals surface area contributed by atoms with Crippen LogP contribution < -0.4 is 9.47 Å². The van der Waals surface area contributed by atoms with Crippen molar-refractivity contribution in [1.29, 1.82) is 0 Å². The lowest BCUT2D eigenvalue weighted by molar-refractivity contribution is -0.129. The summed E-state index contributed by atoms with van der Waals surface area (Å²) in [6.45, 7) is 6.81. The largest absolute Gasteiger partial charge is 0.423 e. The molecule has 0 spiro atoms. The molecule has 0 bridgehead atoms. The van der Waals surface area contributed by atoms with E-state index in [1.165, 1.54) is 11.1 Å². The lowest BCUT2D eigenvalue weighted by Crippen LogP contribution is -2.02. The van der Waals surface area contributed by atoms with Gasteiger partial charge in [0.2, 0.25) is 0 Å². The Balaban J connectivity index is 1.32. The van der Waals surface area contributed by atoms with E-state index < -0.39 is 11.9 Å². The molecule has 4 rings (SSSR count). The third kappa shape index (κ3) is 6.45. The van der Waals surface area contributed by atoms with E-state index in [2.05, 4.69) is 61.7 Å². The van der Waals surface area contributed by atoms with Crippen LogP contribution in [0.15, 0.2) is 122 Å². The molecule has 0 aliphatic carbocycles. The van der Waals surface area contributed by atoms with Gasteiger partial charge in [0.25, 0.3) is 0 Å². The van der Waals surface area contributed by atoms with Crippen LogP contribution in [0.4, 0.5) is 0 Å². The lowest BCUT2D eigenvalue weighted by atomic mass is 9.98. The Hall–Kier alpha value is -4.70. The highest BCUT2D eigenvalue weighted by molar-refractivity contribution is 5.84. The molecule has 4 aromatic carbocycles. The van der Waals surface area contributed by atoms with Crippen molar-refractivity contribution in [1.82, 2.24) is 0 Å². The molecule has 0 N–H and O–H groups in total. The molecule has 4 heteroatoms. The van der Waals surface area contributed by atoms with E-state index in [1.807, 2.05) is 24.3 Å². The maximum Gasteiger partial charge on any atom is 0.335 e. The van der Waals surface area contributed by atoms with Crippen molar-refractivity contribution in [2.75, 3.05) is 0 Å². The molecular formula is C32H26O4. The third-order valence-corrected chi connectivity index (χ3v) is 5.76. The van der Waals surface area contributed by atoms with Crippen molar-refractivity contribution in [3.63, 3.8) is 0 Å². The summed E-state index contributed by atoms with van der Waals surface area (Å²) in [7, 11) is 0. The standard InChI is InChI=1S/C32H26O4/c1-3-31(33)35-29-19-15-27(16-20-29)25-11-7-23(8-12-25)5-6-24-9-13-26(14-10-24)28-17-21-30(22-18-28)36-32(34)4-2/h3-4,7-22H,1-2,5-6H2. The summed E-state index contributed by atoms with van der Waals surface area (Å²) < 4.78 is 10.2. The number of esters is 2. The summed E-state index contributed by atoms with van der Waals surface area (Å²) in [6.07, 6.45) is 4.18. The number of aryl methyl sites for hydroxylation is 2. The minimum atomic E-state index is -0.468. The Morgan fingerprint density at radius 3 is 1.06 bits per heavy atom. The van der Waals surface area contributed by atoms with Gasteiger partial charge < -0.3 is 9.47 Å². The molecule has 4 nitrogen and oxygen atoms in total. The molecule has 0 radical (unpaired) electrons. The Bertz CT molecular complexity index is 1240. The smallest absolute Gasteiger partial charge is 0.335 e. The molecule has 0 aromatic heterocycles. The predicted molar refractivity (Wildman–Crippen MR) is 143 cm³/mol. The van der Waals surface area contributed by atoms with E-state index in [1.54, 1.807) is 24.3 Å². The van der Waals surface area contributed by atoms with Gasteiger partial charge >= 0.3 is 11.9 Å². The maximum absolute atomic E-state index is 11.3. The van der Waals surface area contributed by atoms with Crippen molar-refractivity contribution in [3.8, 4) is 33.8 Å². The summed E-state index contributed by atoms with van der Waals surface area (Å²) in [4.78, 5) is 22.6. The van der Waals surface area contributed by atoms with Gasteiger partial charge in [-0.1, -0.05) is 86.0 Å². The highest BCUT2D eigenvalue weighted by atomic mass is 16.5. The predicted octanol–water partition coefficient (Wildman–Crippen LogP) is 6.99. The van der Waals surface area contributed by atoms with Gasteiger partial charge in [0.15, 0.2) is 0 Å². The zero-order valence-corrected chi connectivity index (χ0v) is 19.9. The average molecular weight is 475 g/mol. The first-order valence-corrected chi connectivity index (χ1v) is 11.6. The highest BCUT2D eigenvalue weighted by Gasteiger charge is 2.04. The minimum absolute atomic E-state index is 0.468. The zero-order chi connectivity index (χ0) is 25.3. The van der Waals surface area contributed by atoms with Gasteiger partial charge in [-0.25, -0.2) is 9.59 Å². The van der Waals surface area contributed by atoms with E-state index in [4.69, 9.17) is 9.47 Å². The number of carbonyl (C=O) groups is 2. The van der Waals surface area contributed by atoms with Gasteiger partial charge in [-0.05, 0) is 70.5 Å². The summed E-state index contributed by atoms with van der Waals surface area (Å²) >= 11 is 0. The van der Waals surface area contributed by atoms with Gasteiger partial charge in [0.05, 0.1) is 0 Å². The molecule has 0 unspecified atom stereocenters. The van der Waals surface area contributed by atoms with Crippen LogP contribution in [0.2, 0.25) is 0 Å². The van der Waals surface area contributed by atoms with Crippen molar-refractivity contribution in [2.24, 2.45) is 0 Å². The molecule has 0 aliphatic rings. The Morgan fingerprint density at radius 2 is 0.778 bits per heavy atom. The number of benzene rings is 4. The van der Waals surface area contributed by atoms with Crippen molar-refractivity contribution < 1.29 is 19.1 Å². The second-order valence-electron chi connectivity index (χ2n) is 8.19. The maximum atomic E-state index is 11.3. The number of hydrogen-bond acceptors (Lipinski definition) is 4. The van der Waals surface area contributed by atoms with E-state index in [-0.39, 0.29) is 0 Å². The fourth-order valence-corrected chi connectivity index (χ4v) is 3.76. The molecule has 0 fully saturated rings. The third-order valence-electron chi connectivity index (χ3n) is 5.76. The monoisotopic (exact) mass is 474 g/mol. The topological polar surface area (TPSA) is 52.6 Å². The average Bonchev–Trinajstić information content (AvgIpc) is 2.93. The number of ether oxygens (including phenoxy) is 2. The van der Waals surface area contributed by atoms with Gasteiger partial charge in [-0.3, -0.25) is 0 Å². The second-order valence-corrected chi connectivity index (χ2v) is 8.19. The molecule has 36 heavy (non-hydrogen) atoms. The first kappa shape index (κ1) is 24.4. The van der Waals surface area contributed by atoms with E-state index in [0.717, 1.165) is 47.2 Å². The van der Waals surface area contributed by atoms with E-state index >= 15 is 0 Å². The van der Waals surface area contributed by atoms with Crippen LogP contribution in [0.1, 0.15) is 11.1 Å². The van der Waals surface area contributed by atoms with Gasteiger partial charge in [-0.2, -0.15) is 0 Å². The lowest BCUT2D eigenvalue weighted by Gasteiger charge is -2.08. The molecule has 0 atom stereocenters.